The Bertz CT molecular complexity index is 927. The highest BCUT2D eigenvalue weighted by Crippen LogP contribution is 2.21. The number of hydrogen-bond donors (Lipinski definition) is 1. The van der Waals surface area contributed by atoms with Crippen molar-refractivity contribution in [3.8, 4) is 0 Å². The number of fused-ring (bicyclic) bond motifs is 1. The maximum Gasteiger partial charge on any atom is 0.251 e. The summed E-state index contributed by atoms with van der Waals surface area (Å²) in [6.45, 7) is 1.76. The third kappa shape index (κ3) is 4.52. The number of carbonyl (C=O) groups is 2. The molecule has 1 N–H and O–H groups in total. The quantitative estimate of drug-likeness (QED) is 0.807. The lowest BCUT2D eigenvalue weighted by Crippen LogP contribution is -2.35. The summed E-state index contributed by atoms with van der Waals surface area (Å²) in [6.07, 6.45) is 10.6. The van der Waals surface area contributed by atoms with Crippen LogP contribution in [0.5, 0.6) is 0 Å². The molecule has 0 aliphatic carbocycles. The maximum atomic E-state index is 12.5. The van der Waals surface area contributed by atoms with E-state index in [2.05, 4.69) is 21.4 Å². The minimum atomic E-state index is -0.210. The van der Waals surface area contributed by atoms with Gasteiger partial charge in [-0.25, -0.2) is 9.97 Å². The van der Waals surface area contributed by atoms with Crippen LogP contribution < -0.4 is 5.32 Å². The van der Waals surface area contributed by atoms with Gasteiger partial charge in [0.05, 0.1) is 6.61 Å². The molecule has 2 aromatic rings. The van der Waals surface area contributed by atoms with Crippen LogP contribution in [0.4, 0.5) is 5.82 Å². The third-order valence-electron chi connectivity index (χ3n) is 4.65. The van der Waals surface area contributed by atoms with Gasteiger partial charge in [-0.1, -0.05) is 5.57 Å². The van der Waals surface area contributed by atoms with E-state index in [4.69, 9.17) is 4.74 Å². The Morgan fingerprint density at radius 2 is 2.11 bits per heavy atom. The molecule has 2 aromatic heterocycles. The average molecular weight is 396 g/mol. The first-order chi connectivity index (χ1) is 13.7. The van der Waals surface area contributed by atoms with Crippen LogP contribution in [0.25, 0.3) is 12.2 Å². The molecule has 0 aromatic carbocycles. The van der Waals surface area contributed by atoms with Crippen LogP contribution in [0.2, 0.25) is 0 Å². The molecule has 28 heavy (non-hydrogen) atoms. The predicted octanol–water partition coefficient (Wildman–Crippen LogP) is 2.73. The largest absolute Gasteiger partial charge is 0.367 e. The molecule has 0 unspecified atom stereocenters. The van der Waals surface area contributed by atoms with Gasteiger partial charge in [0.25, 0.3) is 5.91 Å². The van der Waals surface area contributed by atoms with Crippen LogP contribution in [0, 0.1) is 0 Å². The van der Waals surface area contributed by atoms with E-state index < -0.39 is 0 Å². The van der Waals surface area contributed by atoms with Crippen LogP contribution >= 0.6 is 11.3 Å². The molecular weight excluding hydrogens is 376 g/mol. The van der Waals surface area contributed by atoms with Gasteiger partial charge in [0.1, 0.15) is 17.4 Å². The standard InChI is InChI=1S/C20H20N4O3S/c25-17-13-27-12-16-9-15(11-22-20(16)23-17)1-2-19(26)24-6-3-14(4-7-24)10-18-21-5-8-28-18/h1-2,5,8-11H,3-4,6-7,12-13H2,(H,22,23,25). The number of pyridine rings is 1. The minimum absolute atomic E-state index is 0.00667. The summed E-state index contributed by atoms with van der Waals surface area (Å²) in [5, 5.41) is 5.69. The summed E-state index contributed by atoms with van der Waals surface area (Å²) in [5.41, 5.74) is 2.93. The number of rotatable bonds is 3. The Hall–Kier alpha value is -2.84. The zero-order chi connectivity index (χ0) is 19.3. The number of anilines is 1. The fourth-order valence-corrected chi connectivity index (χ4v) is 3.79. The number of carbonyl (C=O) groups excluding carboxylic acids is 2. The minimum Gasteiger partial charge on any atom is -0.367 e. The lowest BCUT2D eigenvalue weighted by atomic mass is 10.0. The Balaban J connectivity index is 1.36. The van der Waals surface area contributed by atoms with Crippen molar-refractivity contribution in [2.75, 3.05) is 25.0 Å². The summed E-state index contributed by atoms with van der Waals surface area (Å²) in [6, 6.07) is 1.88. The molecule has 0 radical (unpaired) electrons. The number of likely N-dealkylation sites (tertiary alicyclic amines) is 1. The summed E-state index contributed by atoms with van der Waals surface area (Å²) < 4.78 is 5.30. The van der Waals surface area contributed by atoms with Gasteiger partial charge in [0, 0.05) is 42.5 Å². The molecule has 144 valence electrons. The molecule has 4 heterocycles. The SMILES string of the molecule is O=C1COCc2cc(C=CC(=O)N3CCC(=Cc4nccs4)CC3)cnc2N1. The van der Waals surface area contributed by atoms with Gasteiger partial charge >= 0.3 is 0 Å². The highest BCUT2D eigenvalue weighted by atomic mass is 32.1. The summed E-state index contributed by atoms with van der Waals surface area (Å²) in [5.74, 6) is 0.299. The number of thiazole rings is 1. The second kappa shape index (κ2) is 8.45. The number of ether oxygens (including phenoxy) is 1. The maximum absolute atomic E-state index is 12.5. The molecule has 2 aliphatic rings. The number of aromatic nitrogens is 2. The molecule has 2 amide bonds. The Morgan fingerprint density at radius 1 is 1.25 bits per heavy atom. The van der Waals surface area contributed by atoms with Gasteiger partial charge in [-0.15, -0.1) is 11.3 Å². The van der Waals surface area contributed by atoms with E-state index in [0.29, 0.717) is 25.5 Å². The van der Waals surface area contributed by atoms with Crippen molar-refractivity contribution in [1.82, 2.24) is 14.9 Å². The van der Waals surface area contributed by atoms with E-state index in [1.807, 2.05) is 16.3 Å². The lowest BCUT2D eigenvalue weighted by Gasteiger charge is -2.27. The zero-order valence-corrected chi connectivity index (χ0v) is 16.1. The number of amides is 2. The van der Waals surface area contributed by atoms with Crippen LogP contribution in [0.3, 0.4) is 0 Å². The molecular formula is C20H20N4O3S. The van der Waals surface area contributed by atoms with Crippen molar-refractivity contribution in [3.05, 3.63) is 51.6 Å². The third-order valence-corrected chi connectivity index (χ3v) is 5.37. The van der Waals surface area contributed by atoms with Gasteiger partial charge in [0.2, 0.25) is 5.91 Å². The van der Waals surface area contributed by atoms with Crippen LogP contribution in [-0.2, 0) is 20.9 Å². The second-order valence-corrected chi connectivity index (χ2v) is 7.58. The topological polar surface area (TPSA) is 84.4 Å². The van der Waals surface area contributed by atoms with Crippen molar-refractivity contribution >= 4 is 41.1 Å². The van der Waals surface area contributed by atoms with Gasteiger partial charge in [0.15, 0.2) is 0 Å². The predicted molar refractivity (Wildman–Crippen MR) is 107 cm³/mol. The molecule has 0 atom stereocenters. The van der Waals surface area contributed by atoms with Gasteiger partial charge in [-0.3, -0.25) is 9.59 Å². The molecule has 0 bridgehead atoms. The van der Waals surface area contributed by atoms with E-state index in [-0.39, 0.29) is 18.4 Å². The van der Waals surface area contributed by atoms with E-state index in [1.54, 1.807) is 35.9 Å². The summed E-state index contributed by atoms with van der Waals surface area (Å²) in [4.78, 5) is 34.4. The molecule has 1 saturated heterocycles. The van der Waals surface area contributed by atoms with Crippen molar-refractivity contribution in [2.45, 2.75) is 19.4 Å². The highest BCUT2D eigenvalue weighted by molar-refractivity contribution is 7.10. The smallest absolute Gasteiger partial charge is 0.251 e. The number of nitrogens with one attached hydrogen (secondary N) is 1. The monoisotopic (exact) mass is 396 g/mol. The lowest BCUT2D eigenvalue weighted by molar-refractivity contribution is -0.126. The van der Waals surface area contributed by atoms with Gasteiger partial charge in [-0.05, 0) is 36.6 Å². The first-order valence-corrected chi connectivity index (χ1v) is 9.98. The Morgan fingerprint density at radius 3 is 2.89 bits per heavy atom. The van der Waals surface area contributed by atoms with Crippen molar-refractivity contribution in [1.29, 1.82) is 0 Å². The molecule has 1 fully saturated rings. The first kappa shape index (κ1) is 18.5. The number of nitrogens with zero attached hydrogens (tertiary/aromatic N) is 3. The fourth-order valence-electron chi connectivity index (χ4n) is 3.18. The highest BCUT2D eigenvalue weighted by Gasteiger charge is 2.18. The van der Waals surface area contributed by atoms with E-state index in [1.165, 1.54) is 5.57 Å². The normalized spacial score (nSPS) is 17.2. The van der Waals surface area contributed by atoms with E-state index >= 15 is 0 Å². The molecule has 2 aliphatic heterocycles. The van der Waals surface area contributed by atoms with Crippen molar-refractivity contribution < 1.29 is 14.3 Å². The van der Waals surface area contributed by atoms with Crippen LogP contribution in [0.15, 0.2) is 35.5 Å². The first-order valence-electron chi connectivity index (χ1n) is 9.10. The van der Waals surface area contributed by atoms with Gasteiger partial charge < -0.3 is 15.0 Å². The molecule has 0 spiro atoms. The molecule has 0 saturated carbocycles. The summed E-state index contributed by atoms with van der Waals surface area (Å²) in [7, 11) is 0. The van der Waals surface area contributed by atoms with E-state index in [9.17, 15) is 9.59 Å². The van der Waals surface area contributed by atoms with Crippen LogP contribution in [0.1, 0.15) is 29.0 Å². The average Bonchev–Trinajstić information content (AvgIpc) is 3.14. The zero-order valence-electron chi connectivity index (χ0n) is 15.3. The Kier molecular flexibility index (Phi) is 5.59. The van der Waals surface area contributed by atoms with Crippen molar-refractivity contribution in [2.24, 2.45) is 0 Å². The Labute approximate surface area is 166 Å². The number of hydrogen-bond acceptors (Lipinski definition) is 6. The van der Waals surface area contributed by atoms with E-state index in [0.717, 1.165) is 29.0 Å². The summed E-state index contributed by atoms with van der Waals surface area (Å²) >= 11 is 1.62. The van der Waals surface area contributed by atoms with Gasteiger partial charge in [-0.2, -0.15) is 0 Å². The molecule has 7 nitrogen and oxygen atoms in total. The molecule has 8 heteroatoms. The molecule has 4 rings (SSSR count). The van der Waals surface area contributed by atoms with Crippen LogP contribution in [-0.4, -0.2) is 46.4 Å². The second-order valence-electron chi connectivity index (χ2n) is 6.65. The number of piperidine rings is 1. The van der Waals surface area contributed by atoms with Crippen molar-refractivity contribution in [3.63, 3.8) is 0 Å². The fraction of sp³-hybridized carbons (Fsp3) is 0.300.